The van der Waals surface area contributed by atoms with Crippen molar-refractivity contribution in [2.75, 3.05) is 32.8 Å². The van der Waals surface area contributed by atoms with Gasteiger partial charge in [-0.25, -0.2) is 9.97 Å². The van der Waals surface area contributed by atoms with Crippen LogP contribution in [0.2, 0.25) is 0 Å². The number of para-hydroxylation sites is 2. The molecule has 0 saturated carbocycles. The van der Waals surface area contributed by atoms with Crippen molar-refractivity contribution < 1.29 is 19.1 Å². The highest BCUT2D eigenvalue weighted by atomic mass is 16.5. The van der Waals surface area contributed by atoms with Gasteiger partial charge in [0.05, 0.1) is 17.6 Å². The first kappa shape index (κ1) is 24.2. The Morgan fingerprint density at radius 1 is 1.06 bits per heavy atom. The van der Waals surface area contributed by atoms with Crippen LogP contribution in [0.15, 0.2) is 42.6 Å². The molecule has 1 aliphatic rings. The van der Waals surface area contributed by atoms with Crippen molar-refractivity contribution in [2.24, 2.45) is 0 Å². The number of benzene rings is 1. The highest BCUT2D eigenvalue weighted by molar-refractivity contribution is 5.94. The quantitative estimate of drug-likeness (QED) is 0.579. The molecule has 0 atom stereocenters. The number of rotatable bonds is 2. The van der Waals surface area contributed by atoms with Gasteiger partial charge in [0.1, 0.15) is 19.0 Å². The summed E-state index contributed by atoms with van der Waals surface area (Å²) in [5, 5.41) is 5.68. The fraction of sp³-hybridized carbons (Fsp3) is 0.400. The zero-order valence-corrected chi connectivity index (χ0v) is 19.8. The van der Waals surface area contributed by atoms with Crippen LogP contribution < -0.4 is 15.4 Å². The molecule has 3 amide bonds. The van der Waals surface area contributed by atoms with E-state index in [1.54, 1.807) is 17.0 Å². The predicted molar refractivity (Wildman–Crippen MR) is 130 cm³/mol. The minimum absolute atomic E-state index is 0.0514. The standard InChI is InChI=1S/C25H30N6O4/c1-18-29-19-7-2-3-8-20(19)31(18)17-23(33)30-14-5-10-22(32)26-13-16-35-21-9-4-11-27-24(21)25(34)28-12-6-15-30/h2-4,7-9,11H,5-6,10,12-17H2,1H3,(H,26,32)(H,28,34). The second-order valence-electron chi connectivity index (χ2n) is 8.38. The lowest BCUT2D eigenvalue weighted by Gasteiger charge is -2.24. The maximum Gasteiger partial charge on any atom is 0.273 e. The number of aromatic nitrogens is 3. The fourth-order valence-corrected chi connectivity index (χ4v) is 4.10. The third kappa shape index (κ3) is 6.14. The number of hydrogen-bond acceptors (Lipinski definition) is 6. The Morgan fingerprint density at radius 3 is 2.77 bits per heavy atom. The maximum absolute atomic E-state index is 13.3. The summed E-state index contributed by atoms with van der Waals surface area (Å²) in [7, 11) is 0. The first-order valence-corrected chi connectivity index (χ1v) is 11.9. The molecule has 0 saturated heterocycles. The van der Waals surface area contributed by atoms with E-state index in [4.69, 9.17) is 4.74 Å². The monoisotopic (exact) mass is 478 g/mol. The van der Waals surface area contributed by atoms with Crippen molar-refractivity contribution in [3.8, 4) is 5.75 Å². The summed E-state index contributed by atoms with van der Waals surface area (Å²) in [5.41, 5.74) is 1.96. The molecular weight excluding hydrogens is 448 g/mol. The van der Waals surface area contributed by atoms with Crippen LogP contribution in [-0.4, -0.2) is 69.9 Å². The Kier molecular flexibility index (Phi) is 7.92. The van der Waals surface area contributed by atoms with Gasteiger partial charge in [0.25, 0.3) is 5.91 Å². The van der Waals surface area contributed by atoms with Crippen LogP contribution in [0, 0.1) is 6.92 Å². The van der Waals surface area contributed by atoms with Crippen LogP contribution in [0.5, 0.6) is 5.75 Å². The highest BCUT2D eigenvalue weighted by Crippen LogP contribution is 2.17. The largest absolute Gasteiger partial charge is 0.489 e. The molecule has 2 aromatic heterocycles. The topological polar surface area (TPSA) is 118 Å². The predicted octanol–water partition coefficient (Wildman–Crippen LogP) is 1.68. The number of ether oxygens (including phenoxy) is 1. The number of hydrogen-bond donors (Lipinski definition) is 2. The highest BCUT2D eigenvalue weighted by Gasteiger charge is 2.19. The SMILES string of the molecule is Cc1nc2ccccc2n1CC(=O)N1CCCNC(=O)c2ncccc2OCCNC(=O)CCC1. The van der Waals surface area contributed by atoms with E-state index in [0.29, 0.717) is 51.2 Å². The summed E-state index contributed by atoms with van der Waals surface area (Å²) in [6.07, 6.45) is 2.95. The molecule has 0 bridgehead atoms. The van der Waals surface area contributed by atoms with E-state index in [9.17, 15) is 14.4 Å². The van der Waals surface area contributed by atoms with Gasteiger partial charge in [-0.15, -0.1) is 0 Å². The summed E-state index contributed by atoms with van der Waals surface area (Å²) < 4.78 is 7.56. The zero-order chi connectivity index (χ0) is 24.6. The van der Waals surface area contributed by atoms with Gasteiger partial charge in [-0.05, 0) is 44.0 Å². The second-order valence-corrected chi connectivity index (χ2v) is 8.38. The normalized spacial score (nSPS) is 16.2. The van der Waals surface area contributed by atoms with Gasteiger partial charge in [-0.1, -0.05) is 12.1 Å². The second kappa shape index (κ2) is 11.5. The molecule has 0 aliphatic carbocycles. The number of amides is 3. The van der Waals surface area contributed by atoms with Crippen molar-refractivity contribution in [3.63, 3.8) is 0 Å². The van der Waals surface area contributed by atoms with Gasteiger partial charge in [0.15, 0.2) is 11.4 Å². The molecule has 0 unspecified atom stereocenters. The van der Waals surface area contributed by atoms with E-state index in [2.05, 4.69) is 20.6 Å². The molecule has 0 fully saturated rings. The van der Waals surface area contributed by atoms with Crippen LogP contribution >= 0.6 is 0 Å². The minimum atomic E-state index is -0.338. The molecule has 2 N–H and O–H groups in total. The van der Waals surface area contributed by atoms with Crippen LogP contribution in [0.25, 0.3) is 11.0 Å². The van der Waals surface area contributed by atoms with Crippen molar-refractivity contribution >= 4 is 28.8 Å². The van der Waals surface area contributed by atoms with E-state index >= 15 is 0 Å². The van der Waals surface area contributed by atoms with Crippen molar-refractivity contribution in [1.82, 2.24) is 30.1 Å². The van der Waals surface area contributed by atoms with Crippen LogP contribution in [0.1, 0.15) is 35.6 Å². The number of imidazole rings is 1. The first-order valence-electron chi connectivity index (χ1n) is 11.9. The van der Waals surface area contributed by atoms with Gasteiger partial charge in [-0.2, -0.15) is 0 Å². The molecule has 184 valence electrons. The molecule has 10 heteroatoms. The summed E-state index contributed by atoms with van der Waals surface area (Å²) in [4.78, 5) is 48.6. The van der Waals surface area contributed by atoms with E-state index in [0.717, 1.165) is 16.9 Å². The smallest absolute Gasteiger partial charge is 0.273 e. The van der Waals surface area contributed by atoms with Crippen LogP contribution in [-0.2, 0) is 16.1 Å². The zero-order valence-electron chi connectivity index (χ0n) is 19.8. The Bertz CT molecular complexity index is 1210. The minimum Gasteiger partial charge on any atom is -0.489 e. The number of carbonyl (C=O) groups is 3. The van der Waals surface area contributed by atoms with Gasteiger partial charge >= 0.3 is 0 Å². The summed E-state index contributed by atoms with van der Waals surface area (Å²) in [5.74, 6) is 0.647. The summed E-state index contributed by atoms with van der Waals surface area (Å²) in [6.45, 7) is 3.87. The average molecular weight is 479 g/mol. The first-order chi connectivity index (χ1) is 17.0. The Balaban J connectivity index is 1.45. The molecule has 0 radical (unpaired) electrons. The van der Waals surface area contributed by atoms with E-state index in [-0.39, 0.29) is 36.6 Å². The maximum atomic E-state index is 13.3. The van der Waals surface area contributed by atoms with Crippen molar-refractivity contribution in [3.05, 3.63) is 54.1 Å². The molecule has 0 spiro atoms. The Morgan fingerprint density at radius 2 is 1.89 bits per heavy atom. The lowest BCUT2D eigenvalue weighted by Crippen LogP contribution is -2.38. The molecule has 3 aromatic rings. The number of pyridine rings is 1. The Labute approximate surface area is 203 Å². The van der Waals surface area contributed by atoms with Gasteiger partial charge in [0, 0.05) is 32.3 Å². The lowest BCUT2D eigenvalue weighted by atomic mass is 10.2. The lowest BCUT2D eigenvalue weighted by molar-refractivity contribution is -0.132. The third-order valence-electron chi connectivity index (χ3n) is 5.88. The van der Waals surface area contributed by atoms with E-state index < -0.39 is 0 Å². The van der Waals surface area contributed by atoms with Gasteiger partial charge < -0.3 is 24.8 Å². The average Bonchev–Trinajstić information content (AvgIpc) is 3.17. The molecule has 1 aromatic carbocycles. The Hall–Kier alpha value is -3.95. The number of nitrogens with zero attached hydrogens (tertiary/aromatic N) is 4. The summed E-state index contributed by atoms with van der Waals surface area (Å²) in [6, 6.07) is 11.1. The van der Waals surface area contributed by atoms with Gasteiger partial charge in [-0.3, -0.25) is 14.4 Å². The number of nitrogens with one attached hydrogen (secondary N) is 2. The molecule has 10 nitrogen and oxygen atoms in total. The van der Waals surface area contributed by atoms with E-state index in [1.165, 1.54) is 6.20 Å². The van der Waals surface area contributed by atoms with Crippen molar-refractivity contribution in [2.45, 2.75) is 32.7 Å². The van der Waals surface area contributed by atoms with Gasteiger partial charge in [0.2, 0.25) is 11.8 Å². The van der Waals surface area contributed by atoms with Crippen LogP contribution in [0.3, 0.4) is 0 Å². The molecule has 35 heavy (non-hydrogen) atoms. The number of carbonyl (C=O) groups excluding carboxylic acids is 3. The number of fused-ring (bicyclic) bond motifs is 2. The molecule has 1 aliphatic heterocycles. The fourth-order valence-electron chi connectivity index (χ4n) is 4.10. The molecule has 4 rings (SSSR count). The third-order valence-corrected chi connectivity index (χ3v) is 5.88. The van der Waals surface area contributed by atoms with Crippen LogP contribution in [0.4, 0.5) is 0 Å². The van der Waals surface area contributed by atoms with Crippen molar-refractivity contribution in [1.29, 1.82) is 0 Å². The molecule has 3 heterocycles. The number of aryl methyl sites for hydroxylation is 1. The van der Waals surface area contributed by atoms with E-state index in [1.807, 2.05) is 35.8 Å². The summed E-state index contributed by atoms with van der Waals surface area (Å²) >= 11 is 0. The molecular formula is C25H30N6O4.